The van der Waals surface area contributed by atoms with E-state index < -0.39 is 19.8 Å². The molecule has 2 rings (SSSR count). The summed E-state index contributed by atoms with van der Waals surface area (Å²) in [4.78, 5) is 14.0. The summed E-state index contributed by atoms with van der Waals surface area (Å²) in [5, 5.41) is 0.611. The van der Waals surface area contributed by atoms with Gasteiger partial charge in [0.15, 0.2) is 9.84 Å². The lowest BCUT2D eigenvalue weighted by Gasteiger charge is -2.24. The predicted octanol–water partition coefficient (Wildman–Crippen LogP) is 3.74. The number of rotatable bonds is 4. The van der Waals surface area contributed by atoms with Gasteiger partial charge in [0.25, 0.3) is 0 Å². The molecule has 7 heteroatoms. The lowest BCUT2D eigenvalue weighted by molar-refractivity contribution is -0.130. The van der Waals surface area contributed by atoms with Crippen molar-refractivity contribution >= 4 is 38.9 Å². The molecule has 1 atom stereocenters. The molecule has 1 aromatic rings. The zero-order valence-electron chi connectivity index (χ0n) is 14.2. The van der Waals surface area contributed by atoms with Crippen LogP contribution in [0.25, 0.3) is 0 Å². The minimum absolute atomic E-state index is 0.0578. The van der Waals surface area contributed by atoms with Gasteiger partial charge in [0, 0.05) is 29.6 Å². The highest BCUT2D eigenvalue weighted by Gasteiger charge is 2.41. The van der Waals surface area contributed by atoms with Crippen LogP contribution in [0.5, 0.6) is 0 Å². The Morgan fingerprint density at radius 2 is 1.83 bits per heavy atom. The fourth-order valence-corrected chi connectivity index (χ4v) is 5.25. The van der Waals surface area contributed by atoms with Crippen molar-refractivity contribution < 1.29 is 13.2 Å². The van der Waals surface area contributed by atoms with Crippen LogP contribution in [0.1, 0.15) is 39.2 Å². The minimum atomic E-state index is -3.26. The van der Waals surface area contributed by atoms with Crippen LogP contribution in [0.15, 0.2) is 18.2 Å². The Balaban J connectivity index is 1.98. The molecule has 1 aromatic carbocycles. The van der Waals surface area contributed by atoms with Gasteiger partial charge in [-0.3, -0.25) is 4.79 Å². The molecule has 0 unspecified atom stereocenters. The standard InChI is InChI=1S/C17H23Cl2NO3S/c1-17(2,3)24(22,23)12-9-10-20(11-12)16(21)8-7-13-14(18)5-4-6-15(13)19/h4-6,12H,7-11H2,1-3H3/t12-/m1/s1. The van der Waals surface area contributed by atoms with Gasteiger partial charge in [-0.25, -0.2) is 8.42 Å². The number of sulfone groups is 1. The molecule has 0 N–H and O–H groups in total. The molecule has 24 heavy (non-hydrogen) atoms. The first-order valence-corrected chi connectivity index (χ1v) is 10.3. The van der Waals surface area contributed by atoms with Gasteiger partial charge in [-0.15, -0.1) is 0 Å². The highest BCUT2D eigenvalue weighted by atomic mass is 35.5. The summed E-state index contributed by atoms with van der Waals surface area (Å²) in [7, 11) is -3.26. The summed E-state index contributed by atoms with van der Waals surface area (Å²) in [6.45, 7) is 5.86. The number of hydrogen-bond donors (Lipinski definition) is 0. The Morgan fingerprint density at radius 3 is 2.38 bits per heavy atom. The molecule has 134 valence electrons. The molecular weight excluding hydrogens is 369 g/mol. The van der Waals surface area contributed by atoms with Crippen molar-refractivity contribution in [2.24, 2.45) is 0 Å². The Labute approximate surface area is 154 Å². The summed E-state index contributed by atoms with van der Waals surface area (Å²) in [5.41, 5.74) is 0.757. The van der Waals surface area contributed by atoms with E-state index in [0.717, 1.165) is 5.56 Å². The Hall–Kier alpha value is -0.780. The number of carbonyl (C=O) groups is 1. The van der Waals surface area contributed by atoms with Gasteiger partial charge < -0.3 is 4.90 Å². The first-order valence-electron chi connectivity index (χ1n) is 7.98. The van der Waals surface area contributed by atoms with Gasteiger partial charge in [-0.05, 0) is 51.3 Å². The van der Waals surface area contributed by atoms with E-state index in [0.29, 0.717) is 29.4 Å². The van der Waals surface area contributed by atoms with E-state index in [-0.39, 0.29) is 18.9 Å². The average molecular weight is 392 g/mol. The van der Waals surface area contributed by atoms with Crippen LogP contribution in [-0.4, -0.2) is 42.3 Å². The lowest BCUT2D eigenvalue weighted by Crippen LogP contribution is -2.39. The Bertz CT molecular complexity index is 706. The monoisotopic (exact) mass is 391 g/mol. The average Bonchev–Trinajstić information content (AvgIpc) is 2.95. The topological polar surface area (TPSA) is 54.5 Å². The van der Waals surface area contributed by atoms with Crippen LogP contribution in [-0.2, 0) is 21.1 Å². The van der Waals surface area contributed by atoms with Crippen molar-refractivity contribution in [2.75, 3.05) is 13.1 Å². The molecule has 4 nitrogen and oxygen atoms in total. The fraction of sp³-hybridized carbons (Fsp3) is 0.588. The molecule has 0 radical (unpaired) electrons. The molecule has 1 aliphatic rings. The van der Waals surface area contributed by atoms with Gasteiger partial charge in [0.05, 0.1) is 10.00 Å². The molecule has 0 saturated carbocycles. The third kappa shape index (κ3) is 4.06. The normalized spacial score (nSPS) is 18.9. The first kappa shape index (κ1) is 19.5. The Morgan fingerprint density at radius 1 is 1.25 bits per heavy atom. The second-order valence-electron chi connectivity index (χ2n) is 7.11. The van der Waals surface area contributed by atoms with Crippen molar-refractivity contribution in [1.82, 2.24) is 4.90 Å². The largest absolute Gasteiger partial charge is 0.341 e. The van der Waals surface area contributed by atoms with Crippen molar-refractivity contribution in [1.29, 1.82) is 0 Å². The number of halogens is 2. The number of likely N-dealkylation sites (tertiary alicyclic amines) is 1. The van der Waals surface area contributed by atoms with Crippen LogP contribution >= 0.6 is 23.2 Å². The van der Waals surface area contributed by atoms with Crippen LogP contribution < -0.4 is 0 Å². The molecule has 1 saturated heterocycles. The minimum Gasteiger partial charge on any atom is -0.341 e. The van der Waals surface area contributed by atoms with E-state index in [4.69, 9.17) is 23.2 Å². The highest BCUT2D eigenvalue weighted by molar-refractivity contribution is 7.93. The Kier molecular flexibility index (Phi) is 5.88. The second kappa shape index (κ2) is 7.22. The summed E-state index contributed by atoms with van der Waals surface area (Å²) in [6, 6.07) is 5.25. The van der Waals surface area contributed by atoms with Gasteiger partial charge in [-0.2, -0.15) is 0 Å². The third-order valence-corrected chi connectivity index (χ3v) is 8.12. The maximum absolute atomic E-state index is 12.5. The smallest absolute Gasteiger partial charge is 0.222 e. The second-order valence-corrected chi connectivity index (χ2v) is 10.9. The molecule has 1 fully saturated rings. The molecule has 1 amide bonds. The van der Waals surface area contributed by atoms with Crippen LogP contribution in [0, 0.1) is 0 Å². The predicted molar refractivity (Wildman–Crippen MR) is 98.4 cm³/mol. The van der Waals surface area contributed by atoms with Crippen LogP contribution in [0.3, 0.4) is 0 Å². The van der Waals surface area contributed by atoms with Crippen molar-refractivity contribution in [3.63, 3.8) is 0 Å². The number of benzene rings is 1. The van der Waals surface area contributed by atoms with E-state index in [1.54, 1.807) is 43.9 Å². The molecule has 0 spiro atoms. The summed E-state index contributed by atoms with van der Waals surface area (Å²) < 4.78 is 24.2. The van der Waals surface area contributed by atoms with Gasteiger partial charge >= 0.3 is 0 Å². The number of nitrogens with zero attached hydrogens (tertiary/aromatic N) is 1. The van der Waals surface area contributed by atoms with Crippen molar-refractivity contribution in [3.8, 4) is 0 Å². The molecule has 1 heterocycles. The number of amides is 1. The maximum atomic E-state index is 12.5. The van der Waals surface area contributed by atoms with E-state index in [2.05, 4.69) is 0 Å². The highest BCUT2D eigenvalue weighted by Crippen LogP contribution is 2.29. The fourth-order valence-electron chi connectivity index (χ4n) is 2.87. The number of hydrogen-bond acceptors (Lipinski definition) is 3. The van der Waals surface area contributed by atoms with Gasteiger partial charge in [0.2, 0.25) is 5.91 Å². The zero-order chi connectivity index (χ0) is 18.1. The first-order chi connectivity index (χ1) is 11.0. The zero-order valence-corrected chi connectivity index (χ0v) is 16.5. The molecular formula is C17H23Cl2NO3S. The molecule has 0 bridgehead atoms. The SMILES string of the molecule is CC(C)(C)S(=O)(=O)[C@@H]1CCN(C(=O)CCc2c(Cl)cccc2Cl)C1. The van der Waals surface area contributed by atoms with Crippen LogP contribution in [0.4, 0.5) is 0 Å². The van der Waals surface area contributed by atoms with Gasteiger partial charge in [0.1, 0.15) is 0 Å². The molecule has 0 aliphatic carbocycles. The molecule has 1 aliphatic heterocycles. The van der Waals surface area contributed by atoms with E-state index in [9.17, 15) is 13.2 Å². The number of carbonyl (C=O) groups excluding carboxylic acids is 1. The lowest BCUT2D eigenvalue weighted by atomic mass is 10.1. The quantitative estimate of drug-likeness (QED) is 0.785. The van der Waals surface area contributed by atoms with E-state index in [1.807, 2.05) is 0 Å². The van der Waals surface area contributed by atoms with E-state index >= 15 is 0 Å². The van der Waals surface area contributed by atoms with Crippen molar-refractivity contribution in [2.45, 2.75) is 50.0 Å². The summed E-state index contributed by atoms with van der Waals surface area (Å²) >= 11 is 12.2. The van der Waals surface area contributed by atoms with E-state index in [1.165, 1.54) is 0 Å². The maximum Gasteiger partial charge on any atom is 0.222 e. The van der Waals surface area contributed by atoms with Crippen molar-refractivity contribution in [3.05, 3.63) is 33.8 Å². The van der Waals surface area contributed by atoms with Crippen LogP contribution in [0.2, 0.25) is 10.0 Å². The third-order valence-electron chi connectivity index (χ3n) is 4.44. The van der Waals surface area contributed by atoms with Gasteiger partial charge in [-0.1, -0.05) is 29.3 Å². The molecule has 0 aromatic heterocycles. The summed E-state index contributed by atoms with van der Waals surface area (Å²) in [5.74, 6) is -0.0578. The summed E-state index contributed by atoms with van der Waals surface area (Å²) in [6.07, 6.45) is 1.22.